The van der Waals surface area contributed by atoms with Gasteiger partial charge in [0.15, 0.2) is 4.34 Å². The zero-order valence-corrected chi connectivity index (χ0v) is 13.5. The highest BCUT2D eigenvalue weighted by Gasteiger charge is 2.15. The molecule has 0 aliphatic carbocycles. The van der Waals surface area contributed by atoms with E-state index in [4.69, 9.17) is 0 Å². The third kappa shape index (κ3) is 4.50. The first-order valence-electron chi connectivity index (χ1n) is 6.30. The van der Waals surface area contributed by atoms with Crippen LogP contribution in [0.1, 0.15) is 5.69 Å². The Balaban J connectivity index is 1.93. The van der Waals surface area contributed by atoms with Gasteiger partial charge in [0.2, 0.25) is 11.1 Å². The summed E-state index contributed by atoms with van der Waals surface area (Å²) in [5, 5.41) is 11.1. The number of carbonyl (C=O) groups is 1. The molecule has 0 spiro atoms. The van der Waals surface area contributed by atoms with Crippen molar-refractivity contribution in [1.82, 2.24) is 20.5 Å². The maximum Gasteiger partial charge on any atom is 0.323 e. The van der Waals surface area contributed by atoms with Crippen molar-refractivity contribution in [3.8, 4) is 0 Å². The van der Waals surface area contributed by atoms with Crippen molar-refractivity contribution < 1.29 is 9.18 Å². The van der Waals surface area contributed by atoms with Gasteiger partial charge in [0.05, 0.1) is 5.69 Å². The molecule has 9 heteroatoms. The first kappa shape index (κ1) is 16.4. The van der Waals surface area contributed by atoms with Crippen molar-refractivity contribution in [1.29, 1.82) is 0 Å². The predicted octanol–water partition coefficient (Wildman–Crippen LogP) is 2.70. The van der Waals surface area contributed by atoms with Crippen molar-refractivity contribution in [3.05, 3.63) is 42.5 Å². The Morgan fingerprint density at radius 1 is 1.55 bits per heavy atom. The van der Waals surface area contributed by atoms with Crippen LogP contribution in [-0.2, 0) is 5.75 Å². The second kappa shape index (κ2) is 7.85. The molecule has 0 saturated carbocycles. The molecule has 0 fully saturated rings. The smallest absolute Gasteiger partial charge is 0.323 e. The average Bonchev–Trinajstić information content (AvgIpc) is 2.99. The number of nitrogens with one attached hydrogen (secondary N) is 1. The number of nitrogens with zero attached hydrogens (tertiary/aromatic N) is 4. The molecule has 6 nitrogen and oxygen atoms in total. The molecule has 0 aliphatic heterocycles. The van der Waals surface area contributed by atoms with Crippen LogP contribution in [0.3, 0.4) is 0 Å². The molecule has 2 heterocycles. The highest BCUT2D eigenvalue weighted by molar-refractivity contribution is 8.00. The maximum absolute atomic E-state index is 13.0. The topological polar surface area (TPSA) is 71.0 Å². The lowest BCUT2D eigenvalue weighted by atomic mass is 10.4. The van der Waals surface area contributed by atoms with Gasteiger partial charge in [-0.1, -0.05) is 35.2 Å². The van der Waals surface area contributed by atoms with Gasteiger partial charge in [0, 0.05) is 19.3 Å². The van der Waals surface area contributed by atoms with E-state index in [0.717, 1.165) is 0 Å². The Hall–Kier alpha value is -2.00. The molecule has 0 atom stereocenters. The van der Waals surface area contributed by atoms with Crippen LogP contribution in [-0.4, -0.2) is 34.8 Å². The van der Waals surface area contributed by atoms with E-state index in [1.54, 1.807) is 25.3 Å². The van der Waals surface area contributed by atoms with Crippen LogP contribution in [0.5, 0.6) is 0 Å². The summed E-state index contributed by atoms with van der Waals surface area (Å²) < 4.78 is 13.7. The molecule has 0 saturated heterocycles. The lowest BCUT2D eigenvalue weighted by Gasteiger charge is -2.12. The molecule has 0 aromatic carbocycles. The number of anilines is 1. The summed E-state index contributed by atoms with van der Waals surface area (Å²) in [5.41, 5.74) is 0.624. The third-order valence-electron chi connectivity index (χ3n) is 2.50. The molecule has 116 valence electrons. The van der Waals surface area contributed by atoms with Crippen LogP contribution in [0.4, 0.5) is 14.3 Å². The largest absolute Gasteiger partial charge is 0.334 e. The first-order chi connectivity index (χ1) is 10.6. The SMILES string of the molecule is C=CCNC(=O)N(C)c1nnc(SCc2cccc(F)n2)s1. The number of thioether (sulfide) groups is 1. The fourth-order valence-electron chi connectivity index (χ4n) is 1.43. The van der Waals surface area contributed by atoms with E-state index in [0.29, 0.717) is 27.5 Å². The van der Waals surface area contributed by atoms with Crippen molar-refractivity contribution in [3.63, 3.8) is 0 Å². The summed E-state index contributed by atoms with van der Waals surface area (Å²) in [6, 6.07) is 4.38. The number of halogens is 1. The number of hydrogen-bond donors (Lipinski definition) is 1. The number of carbonyl (C=O) groups excluding carboxylic acids is 1. The summed E-state index contributed by atoms with van der Waals surface area (Å²) in [6.07, 6.45) is 1.60. The van der Waals surface area contributed by atoms with Gasteiger partial charge >= 0.3 is 6.03 Å². The molecule has 0 unspecified atom stereocenters. The summed E-state index contributed by atoms with van der Waals surface area (Å²) >= 11 is 2.68. The van der Waals surface area contributed by atoms with Gasteiger partial charge in [-0.15, -0.1) is 16.8 Å². The molecular formula is C13H14FN5OS2. The Morgan fingerprint density at radius 2 is 2.36 bits per heavy atom. The van der Waals surface area contributed by atoms with Crippen LogP contribution >= 0.6 is 23.1 Å². The van der Waals surface area contributed by atoms with Gasteiger partial charge in [0.1, 0.15) is 0 Å². The van der Waals surface area contributed by atoms with Crippen LogP contribution in [0.15, 0.2) is 35.2 Å². The molecule has 0 aliphatic rings. The molecule has 22 heavy (non-hydrogen) atoms. The zero-order valence-electron chi connectivity index (χ0n) is 11.8. The Morgan fingerprint density at radius 3 is 3.09 bits per heavy atom. The Kier molecular flexibility index (Phi) is 5.84. The normalized spacial score (nSPS) is 10.3. The standard InChI is InChI=1S/C13H14FN5OS2/c1-3-7-15-11(20)19(2)12-17-18-13(22-12)21-8-9-5-4-6-10(14)16-9/h3-6H,1,7-8H2,2H3,(H,15,20). The van der Waals surface area contributed by atoms with E-state index in [9.17, 15) is 9.18 Å². The van der Waals surface area contributed by atoms with Crippen LogP contribution in [0, 0.1) is 5.95 Å². The average molecular weight is 339 g/mol. The van der Waals surface area contributed by atoms with Crippen molar-refractivity contribution in [2.75, 3.05) is 18.5 Å². The second-order valence-corrected chi connectivity index (χ2v) is 6.30. The third-order valence-corrected chi connectivity index (χ3v) is 4.67. The van der Waals surface area contributed by atoms with Gasteiger partial charge in [-0.3, -0.25) is 4.90 Å². The Labute approximate surface area is 135 Å². The van der Waals surface area contributed by atoms with Crippen molar-refractivity contribution >= 4 is 34.3 Å². The van der Waals surface area contributed by atoms with Gasteiger partial charge in [0.25, 0.3) is 0 Å². The van der Waals surface area contributed by atoms with Gasteiger partial charge in [-0.25, -0.2) is 9.78 Å². The molecule has 0 bridgehead atoms. The quantitative estimate of drug-likeness (QED) is 0.379. The fourth-order valence-corrected chi connectivity index (χ4v) is 3.13. The first-order valence-corrected chi connectivity index (χ1v) is 8.10. The number of urea groups is 1. The molecule has 1 N–H and O–H groups in total. The summed E-state index contributed by atoms with van der Waals surface area (Å²) in [7, 11) is 1.61. The van der Waals surface area contributed by atoms with E-state index >= 15 is 0 Å². The van der Waals surface area contributed by atoms with Crippen LogP contribution in [0.2, 0.25) is 0 Å². The Bertz CT molecular complexity index is 663. The summed E-state index contributed by atoms with van der Waals surface area (Å²) in [5.74, 6) is -0.0200. The summed E-state index contributed by atoms with van der Waals surface area (Å²) in [6.45, 7) is 3.92. The zero-order chi connectivity index (χ0) is 15.9. The number of hydrogen-bond acceptors (Lipinski definition) is 6. The van der Waals surface area contributed by atoms with Crippen molar-refractivity contribution in [2.24, 2.45) is 0 Å². The van der Waals surface area contributed by atoms with E-state index < -0.39 is 5.95 Å². The molecule has 2 rings (SSSR count). The fraction of sp³-hybridized carbons (Fsp3) is 0.231. The minimum atomic E-state index is -0.505. The molecule has 2 aromatic heterocycles. The molecule has 2 amide bonds. The monoisotopic (exact) mass is 339 g/mol. The predicted molar refractivity (Wildman–Crippen MR) is 85.7 cm³/mol. The number of pyridine rings is 1. The molecule has 0 radical (unpaired) electrons. The minimum Gasteiger partial charge on any atom is -0.334 e. The van der Waals surface area contributed by atoms with Crippen molar-refractivity contribution in [2.45, 2.75) is 10.1 Å². The highest BCUT2D eigenvalue weighted by atomic mass is 32.2. The maximum atomic E-state index is 13.0. The molecular weight excluding hydrogens is 325 g/mol. The highest BCUT2D eigenvalue weighted by Crippen LogP contribution is 2.29. The number of rotatable bonds is 6. The lowest BCUT2D eigenvalue weighted by Crippen LogP contribution is -2.37. The lowest BCUT2D eigenvalue weighted by molar-refractivity contribution is 0.248. The number of aromatic nitrogens is 3. The van der Waals surface area contributed by atoms with E-state index in [1.807, 2.05) is 0 Å². The van der Waals surface area contributed by atoms with E-state index in [-0.39, 0.29) is 6.03 Å². The van der Waals surface area contributed by atoms with Crippen LogP contribution in [0.25, 0.3) is 0 Å². The second-order valence-electron chi connectivity index (χ2n) is 4.12. The van der Waals surface area contributed by atoms with E-state index in [1.165, 1.54) is 34.1 Å². The van der Waals surface area contributed by atoms with Crippen LogP contribution < -0.4 is 10.2 Å². The van der Waals surface area contributed by atoms with E-state index in [2.05, 4.69) is 27.1 Å². The number of amides is 2. The van der Waals surface area contributed by atoms with Gasteiger partial charge < -0.3 is 5.32 Å². The minimum absolute atomic E-state index is 0.278. The van der Waals surface area contributed by atoms with Gasteiger partial charge in [-0.05, 0) is 12.1 Å². The summed E-state index contributed by atoms with van der Waals surface area (Å²) in [4.78, 5) is 16.9. The van der Waals surface area contributed by atoms with Gasteiger partial charge in [-0.2, -0.15) is 4.39 Å². The molecule has 2 aromatic rings.